The second kappa shape index (κ2) is 13.9. The van der Waals surface area contributed by atoms with Gasteiger partial charge in [0.05, 0.1) is 12.5 Å². The number of nitrogens with one attached hydrogen (secondary N) is 1. The van der Waals surface area contributed by atoms with Gasteiger partial charge in [0.15, 0.2) is 5.78 Å². The molecule has 206 valence electrons. The number of carbonyl (C=O) groups excluding carboxylic acids is 4. The molecule has 1 heterocycles. The van der Waals surface area contributed by atoms with Gasteiger partial charge in [-0.25, -0.2) is 9.59 Å². The minimum absolute atomic E-state index is 0.0280. The fourth-order valence-electron chi connectivity index (χ4n) is 4.11. The zero-order chi connectivity index (χ0) is 28.4. The van der Waals surface area contributed by atoms with Crippen molar-refractivity contribution >= 4 is 34.7 Å². The van der Waals surface area contributed by atoms with Crippen LogP contribution in [0.5, 0.6) is 5.75 Å². The van der Waals surface area contributed by atoms with E-state index >= 15 is 0 Å². The van der Waals surface area contributed by atoms with Crippen LogP contribution in [0, 0.1) is 6.92 Å². The lowest BCUT2D eigenvalue weighted by atomic mass is 10.0. The first-order valence-corrected chi connectivity index (χ1v) is 12.7. The molecule has 3 amide bonds. The first kappa shape index (κ1) is 29.1. The highest BCUT2D eigenvalue weighted by Crippen LogP contribution is 2.22. The molecule has 0 unspecified atom stereocenters. The van der Waals surface area contributed by atoms with Crippen LogP contribution >= 0.6 is 0 Å². The number of carbonyl (C=O) groups is 4. The van der Waals surface area contributed by atoms with Gasteiger partial charge in [0.25, 0.3) is 0 Å². The quantitative estimate of drug-likeness (QED) is 0.319. The third kappa shape index (κ3) is 9.10. The Morgan fingerprint density at radius 3 is 2.49 bits per heavy atom. The number of hydrogen-bond acceptors (Lipinski definition) is 7. The van der Waals surface area contributed by atoms with Gasteiger partial charge < -0.3 is 25.1 Å². The highest BCUT2D eigenvalue weighted by Gasteiger charge is 2.23. The Balaban J connectivity index is 1.46. The van der Waals surface area contributed by atoms with Crippen LogP contribution in [-0.2, 0) is 20.8 Å². The SMILES string of the molecule is Cc1cc(=O)oc2cc(OC(=O)N(C)CCCC(=O)[C@@H](CC(N)=O)NC(=O)CCCc3ccccc3)ccc12. The molecule has 2 aromatic carbocycles. The Kier molecular flexibility index (Phi) is 10.4. The first-order chi connectivity index (χ1) is 18.6. The van der Waals surface area contributed by atoms with E-state index in [2.05, 4.69) is 5.32 Å². The van der Waals surface area contributed by atoms with Crippen LogP contribution in [0.15, 0.2) is 63.8 Å². The molecule has 3 N–H and O–H groups in total. The van der Waals surface area contributed by atoms with Crippen molar-refractivity contribution in [1.29, 1.82) is 0 Å². The third-order valence-electron chi connectivity index (χ3n) is 6.20. The summed E-state index contributed by atoms with van der Waals surface area (Å²) in [5.41, 5.74) is 6.96. The third-order valence-corrected chi connectivity index (χ3v) is 6.20. The molecule has 0 spiro atoms. The Hall–Kier alpha value is -4.47. The summed E-state index contributed by atoms with van der Waals surface area (Å²) in [5.74, 6) is -1.15. The van der Waals surface area contributed by atoms with Gasteiger partial charge in [0, 0.05) is 44.0 Å². The minimum Gasteiger partial charge on any atom is -0.423 e. The maximum Gasteiger partial charge on any atom is 0.414 e. The Labute approximate surface area is 226 Å². The van der Waals surface area contributed by atoms with Crippen LogP contribution in [0.2, 0.25) is 0 Å². The van der Waals surface area contributed by atoms with E-state index in [1.165, 1.54) is 24.1 Å². The lowest BCUT2D eigenvalue weighted by Gasteiger charge is -2.19. The summed E-state index contributed by atoms with van der Waals surface area (Å²) in [6.45, 7) is 1.98. The van der Waals surface area contributed by atoms with Crippen molar-refractivity contribution in [3.63, 3.8) is 0 Å². The van der Waals surface area contributed by atoms with Crippen LogP contribution in [0.4, 0.5) is 4.79 Å². The summed E-state index contributed by atoms with van der Waals surface area (Å²) in [6.07, 6.45) is 0.900. The number of nitrogens with zero attached hydrogens (tertiary/aromatic N) is 1. The maximum atomic E-state index is 12.7. The van der Waals surface area contributed by atoms with Gasteiger partial charge in [0.1, 0.15) is 11.3 Å². The summed E-state index contributed by atoms with van der Waals surface area (Å²) in [4.78, 5) is 62.0. The molecule has 10 nitrogen and oxygen atoms in total. The lowest BCUT2D eigenvalue weighted by Crippen LogP contribution is -2.43. The van der Waals surface area contributed by atoms with Crippen LogP contribution < -0.4 is 21.4 Å². The molecule has 3 rings (SSSR count). The fourth-order valence-corrected chi connectivity index (χ4v) is 4.11. The largest absolute Gasteiger partial charge is 0.423 e. The van der Waals surface area contributed by atoms with E-state index in [0.29, 0.717) is 12.0 Å². The number of primary amides is 1. The molecular formula is C29H33N3O7. The highest BCUT2D eigenvalue weighted by molar-refractivity contribution is 5.92. The van der Waals surface area contributed by atoms with Crippen molar-refractivity contribution in [2.24, 2.45) is 5.73 Å². The van der Waals surface area contributed by atoms with E-state index in [4.69, 9.17) is 14.9 Å². The van der Waals surface area contributed by atoms with Gasteiger partial charge in [-0.1, -0.05) is 30.3 Å². The Morgan fingerprint density at radius 1 is 1.03 bits per heavy atom. The molecule has 0 aliphatic heterocycles. The Morgan fingerprint density at radius 2 is 1.77 bits per heavy atom. The van der Waals surface area contributed by atoms with E-state index in [0.717, 1.165) is 22.9 Å². The fraction of sp³-hybridized carbons (Fsp3) is 0.345. The zero-order valence-electron chi connectivity index (χ0n) is 22.1. The molecule has 0 aliphatic carbocycles. The predicted molar refractivity (Wildman–Crippen MR) is 145 cm³/mol. The molecule has 0 saturated heterocycles. The predicted octanol–water partition coefficient (Wildman–Crippen LogP) is 3.26. The van der Waals surface area contributed by atoms with E-state index in [-0.39, 0.29) is 49.7 Å². The number of aryl methyl sites for hydroxylation is 2. The molecule has 10 heteroatoms. The molecule has 0 aliphatic rings. The van der Waals surface area contributed by atoms with E-state index < -0.39 is 23.7 Å². The summed E-state index contributed by atoms with van der Waals surface area (Å²) in [6, 6.07) is 14.9. The number of fused-ring (bicyclic) bond motifs is 1. The number of benzene rings is 2. The van der Waals surface area contributed by atoms with E-state index in [1.807, 2.05) is 30.3 Å². The lowest BCUT2D eigenvalue weighted by molar-refractivity contribution is -0.130. The van der Waals surface area contributed by atoms with Gasteiger partial charge in [-0.3, -0.25) is 14.4 Å². The molecule has 0 radical (unpaired) electrons. The van der Waals surface area contributed by atoms with Crippen molar-refractivity contribution < 1.29 is 28.3 Å². The number of nitrogens with two attached hydrogens (primary N) is 1. The van der Waals surface area contributed by atoms with Gasteiger partial charge in [0.2, 0.25) is 11.8 Å². The Bertz CT molecular complexity index is 1380. The molecule has 1 aromatic heterocycles. The van der Waals surface area contributed by atoms with Gasteiger partial charge >= 0.3 is 11.7 Å². The molecule has 0 bridgehead atoms. The number of rotatable bonds is 13. The average Bonchev–Trinajstić information content (AvgIpc) is 2.88. The normalized spacial score (nSPS) is 11.5. The smallest absolute Gasteiger partial charge is 0.414 e. The zero-order valence-corrected chi connectivity index (χ0v) is 22.1. The summed E-state index contributed by atoms with van der Waals surface area (Å²) < 4.78 is 10.5. The highest BCUT2D eigenvalue weighted by atomic mass is 16.6. The molecular weight excluding hydrogens is 502 g/mol. The first-order valence-electron chi connectivity index (χ1n) is 12.7. The van der Waals surface area contributed by atoms with Crippen molar-refractivity contribution in [3.8, 4) is 5.75 Å². The monoisotopic (exact) mass is 535 g/mol. The molecule has 0 saturated carbocycles. The number of ether oxygens (including phenoxy) is 1. The number of amides is 3. The van der Waals surface area contributed by atoms with Crippen molar-refractivity contribution in [2.45, 2.75) is 51.5 Å². The average molecular weight is 536 g/mol. The summed E-state index contributed by atoms with van der Waals surface area (Å²) >= 11 is 0. The van der Waals surface area contributed by atoms with Crippen molar-refractivity contribution in [3.05, 3.63) is 76.1 Å². The molecule has 1 atom stereocenters. The van der Waals surface area contributed by atoms with Crippen molar-refractivity contribution in [1.82, 2.24) is 10.2 Å². The van der Waals surface area contributed by atoms with Gasteiger partial charge in [-0.05, 0) is 49.4 Å². The van der Waals surface area contributed by atoms with Crippen LogP contribution in [-0.4, -0.2) is 48.2 Å². The number of Topliss-reactive ketones (excluding diaryl/α,β-unsaturated/α-hetero) is 1. The van der Waals surface area contributed by atoms with Crippen LogP contribution in [0.25, 0.3) is 11.0 Å². The molecule has 0 fully saturated rings. The minimum atomic E-state index is -1.01. The molecule has 39 heavy (non-hydrogen) atoms. The summed E-state index contributed by atoms with van der Waals surface area (Å²) in [5, 5.41) is 3.36. The topological polar surface area (TPSA) is 149 Å². The van der Waals surface area contributed by atoms with Crippen LogP contribution in [0.1, 0.15) is 43.2 Å². The number of ketones is 1. The van der Waals surface area contributed by atoms with Crippen molar-refractivity contribution in [2.75, 3.05) is 13.6 Å². The number of hydrogen-bond donors (Lipinski definition) is 2. The second-order valence-corrected chi connectivity index (χ2v) is 9.40. The van der Waals surface area contributed by atoms with E-state index in [1.54, 1.807) is 19.1 Å². The molecule has 3 aromatic rings. The van der Waals surface area contributed by atoms with E-state index in [9.17, 15) is 24.0 Å². The summed E-state index contributed by atoms with van der Waals surface area (Å²) in [7, 11) is 1.52. The van der Waals surface area contributed by atoms with Gasteiger partial charge in [-0.2, -0.15) is 0 Å². The van der Waals surface area contributed by atoms with Crippen LogP contribution in [0.3, 0.4) is 0 Å². The standard InChI is InChI=1S/C29H33N3O7/c1-19-16-28(36)39-25-17-21(13-14-22(19)25)38-29(37)32(2)15-7-11-24(33)23(18-26(30)34)31-27(35)12-6-10-20-8-4-3-5-9-20/h3-5,8-9,13-14,16-17,23H,6-7,10-12,15,18H2,1-2H3,(H2,30,34)(H,31,35)/t23-/m1/s1. The van der Waals surface area contributed by atoms with Gasteiger partial charge in [-0.15, -0.1) is 0 Å². The maximum absolute atomic E-state index is 12.7. The second-order valence-electron chi connectivity index (χ2n) is 9.40.